The molecule has 0 bridgehead atoms. The van der Waals surface area contributed by atoms with Crippen molar-refractivity contribution in [1.29, 1.82) is 4.78 Å². The zero-order valence-electron chi connectivity index (χ0n) is 11.1. The lowest BCUT2D eigenvalue weighted by atomic mass is 10.2. The van der Waals surface area contributed by atoms with Gasteiger partial charge in [0, 0.05) is 0 Å². The topological polar surface area (TPSA) is 53.0 Å². The third-order valence-electron chi connectivity index (χ3n) is 3.18. The van der Waals surface area contributed by atoms with Crippen LogP contribution in [0.5, 0.6) is 0 Å². The van der Waals surface area contributed by atoms with Crippen molar-refractivity contribution in [3.63, 3.8) is 0 Å². The molecule has 18 heavy (non-hydrogen) atoms. The van der Waals surface area contributed by atoms with Crippen LogP contribution >= 0.6 is 34.5 Å². The summed E-state index contributed by atoms with van der Waals surface area (Å²) in [7, 11) is -5.07. The highest BCUT2D eigenvalue weighted by Gasteiger charge is 2.38. The van der Waals surface area contributed by atoms with Crippen molar-refractivity contribution in [3.05, 3.63) is 15.4 Å². The van der Waals surface area contributed by atoms with Gasteiger partial charge >= 0.3 is 0 Å². The maximum absolute atomic E-state index is 12.5. The Balaban J connectivity index is 3.10. The molecular formula is C10H18Cl2N2OS2Si. The molecule has 2 N–H and O–H groups in total. The van der Waals surface area contributed by atoms with Gasteiger partial charge in [0.15, 0.2) is 0 Å². The molecule has 1 unspecified atom stereocenters. The molecule has 8 heteroatoms. The van der Waals surface area contributed by atoms with Crippen LogP contribution in [0.25, 0.3) is 0 Å². The van der Waals surface area contributed by atoms with E-state index in [9.17, 15) is 4.21 Å². The van der Waals surface area contributed by atoms with Gasteiger partial charge in [0.05, 0.1) is 5.02 Å². The van der Waals surface area contributed by atoms with E-state index in [4.69, 9.17) is 28.0 Å². The van der Waals surface area contributed by atoms with E-state index in [1.807, 2.05) is 0 Å². The smallest absolute Gasteiger partial charge is 0.140 e. The minimum Gasteiger partial charge on any atom is -0.248 e. The van der Waals surface area contributed by atoms with E-state index < -0.39 is 18.2 Å². The minimum absolute atomic E-state index is 0.00155. The molecule has 1 aromatic rings. The molecule has 0 aliphatic carbocycles. The molecular weight excluding hydrogens is 327 g/mol. The molecule has 0 fully saturated rings. The van der Waals surface area contributed by atoms with E-state index in [1.165, 1.54) is 6.07 Å². The van der Waals surface area contributed by atoms with E-state index in [0.29, 0.717) is 13.6 Å². The Kier molecular flexibility index (Phi) is 4.63. The van der Waals surface area contributed by atoms with Crippen molar-refractivity contribution >= 4 is 52.7 Å². The van der Waals surface area contributed by atoms with Gasteiger partial charge in [0.2, 0.25) is 0 Å². The van der Waals surface area contributed by atoms with Crippen LogP contribution in [0.4, 0.5) is 0 Å². The summed E-state index contributed by atoms with van der Waals surface area (Å²) >= 11 is 12.8. The molecule has 0 aromatic carbocycles. The molecule has 0 spiro atoms. The number of thiophene rings is 1. The van der Waals surface area contributed by atoms with E-state index in [1.54, 1.807) is 0 Å². The quantitative estimate of drug-likeness (QED) is 0.747. The van der Waals surface area contributed by atoms with Gasteiger partial charge in [-0.05, 0) is 11.1 Å². The normalized spacial score (nSPS) is 16.6. The average molecular weight is 345 g/mol. The second-order valence-electron chi connectivity index (χ2n) is 5.72. The molecule has 1 aromatic heterocycles. The molecule has 0 aliphatic rings. The number of halogens is 2. The van der Waals surface area contributed by atoms with Gasteiger partial charge in [-0.1, -0.05) is 57.1 Å². The summed E-state index contributed by atoms with van der Waals surface area (Å²) < 4.78 is 24.4. The fraction of sp³-hybridized carbons (Fsp3) is 0.600. The Hall–Kier alpha value is 0.407. The van der Waals surface area contributed by atoms with E-state index in [2.05, 4.69) is 38.3 Å². The largest absolute Gasteiger partial charge is 0.248 e. The van der Waals surface area contributed by atoms with Crippen LogP contribution in [0.15, 0.2) is 10.3 Å². The monoisotopic (exact) mass is 344 g/mol. The second kappa shape index (κ2) is 5.07. The summed E-state index contributed by atoms with van der Waals surface area (Å²) in [6, 6.07) is 1.52. The fourth-order valence-corrected chi connectivity index (χ4v) is 8.22. The van der Waals surface area contributed by atoms with Gasteiger partial charge in [0.1, 0.15) is 26.7 Å². The zero-order valence-corrected chi connectivity index (χ0v) is 15.2. The summed E-state index contributed by atoms with van der Waals surface area (Å²) in [5.74, 6) is 0. The molecule has 0 radical (unpaired) electrons. The second-order valence-corrected chi connectivity index (χ2v) is 15.2. The SMILES string of the molecule is CC(C)(C)[Si](C)(C)NS(=N)(=O)c1cc(Cl)c(Cl)s1. The molecule has 1 rings (SSSR count). The highest BCUT2D eigenvalue weighted by molar-refractivity contribution is 7.94. The average Bonchev–Trinajstić information content (AvgIpc) is 2.43. The van der Waals surface area contributed by atoms with Crippen LogP contribution in [0, 0.1) is 4.78 Å². The van der Waals surface area contributed by atoms with Crippen molar-refractivity contribution in [2.45, 2.75) is 43.1 Å². The number of hydrogen-bond acceptors (Lipinski definition) is 3. The number of hydrogen-bond donors (Lipinski definition) is 2. The minimum atomic E-state index is -3.04. The zero-order chi connectivity index (χ0) is 14.4. The van der Waals surface area contributed by atoms with Crippen LogP contribution < -0.4 is 4.39 Å². The fourth-order valence-electron chi connectivity index (χ4n) is 1.03. The first-order valence-corrected chi connectivity index (χ1v) is 11.5. The Labute approximate surface area is 124 Å². The Morgan fingerprint density at radius 1 is 1.39 bits per heavy atom. The third kappa shape index (κ3) is 3.49. The Morgan fingerprint density at radius 3 is 2.22 bits per heavy atom. The summed E-state index contributed by atoms with van der Waals surface area (Å²) in [4.78, 5) is 0. The van der Waals surface area contributed by atoms with Crippen LogP contribution in [0.1, 0.15) is 20.8 Å². The first-order chi connectivity index (χ1) is 7.87. The number of rotatable bonds is 3. The summed E-state index contributed by atoms with van der Waals surface area (Å²) in [5.41, 5.74) is 0. The molecule has 0 saturated carbocycles. The van der Waals surface area contributed by atoms with Gasteiger partial charge in [-0.15, -0.1) is 11.3 Å². The Morgan fingerprint density at radius 2 is 1.89 bits per heavy atom. The third-order valence-corrected chi connectivity index (χ3v) is 13.4. The van der Waals surface area contributed by atoms with E-state index in [0.717, 1.165) is 11.3 Å². The molecule has 3 nitrogen and oxygen atoms in total. The van der Waals surface area contributed by atoms with E-state index >= 15 is 0 Å². The lowest BCUT2D eigenvalue weighted by Gasteiger charge is -2.37. The summed E-state index contributed by atoms with van der Waals surface area (Å²) in [6.07, 6.45) is 0. The van der Waals surface area contributed by atoms with Crippen LogP contribution in [0.2, 0.25) is 27.5 Å². The lowest BCUT2D eigenvalue weighted by Crippen LogP contribution is -2.53. The van der Waals surface area contributed by atoms with E-state index in [-0.39, 0.29) is 5.04 Å². The van der Waals surface area contributed by atoms with Crippen molar-refractivity contribution in [3.8, 4) is 0 Å². The maximum atomic E-state index is 12.5. The van der Waals surface area contributed by atoms with Gasteiger partial charge < -0.3 is 0 Å². The predicted octanol–water partition coefficient (Wildman–Crippen LogP) is 4.97. The van der Waals surface area contributed by atoms with Gasteiger partial charge in [0.25, 0.3) is 0 Å². The molecule has 0 amide bonds. The molecule has 1 atom stereocenters. The van der Waals surface area contributed by atoms with Gasteiger partial charge in [-0.3, -0.25) is 0 Å². The maximum Gasteiger partial charge on any atom is 0.140 e. The summed E-state index contributed by atoms with van der Waals surface area (Å²) in [6.45, 7) is 10.4. The predicted molar refractivity (Wildman–Crippen MR) is 83.8 cm³/mol. The highest BCUT2D eigenvalue weighted by Crippen LogP contribution is 2.38. The van der Waals surface area contributed by atoms with Crippen molar-refractivity contribution < 1.29 is 4.21 Å². The molecule has 0 aliphatic heterocycles. The summed E-state index contributed by atoms with van der Waals surface area (Å²) in [5, 5.41) is 0.357. The van der Waals surface area contributed by atoms with Crippen LogP contribution in [0.3, 0.4) is 0 Å². The van der Waals surface area contributed by atoms with Crippen LogP contribution in [-0.2, 0) is 9.92 Å². The Bertz CT molecular complexity index is 527. The first-order valence-electron chi connectivity index (χ1n) is 5.39. The highest BCUT2D eigenvalue weighted by atomic mass is 35.5. The first kappa shape index (κ1) is 16.5. The standard InChI is InChI=1S/C10H18Cl2N2OS2Si/c1-10(2,3)18(4,5)14-17(13,15)8-6-7(11)9(12)16-8/h6H,1-5H3,(H2,13,14,15). The molecule has 104 valence electrons. The molecule has 1 heterocycles. The lowest BCUT2D eigenvalue weighted by molar-refractivity contribution is 0.666. The van der Waals surface area contributed by atoms with Crippen molar-refractivity contribution in [2.75, 3.05) is 0 Å². The van der Waals surface area contributed by atoms with Crippen molar-refractivity contribution in [1.82, 2.24) is 4.39 Å². The van der Waals surface area contributed by atoms with Gasteiger partial charge in [-0.25, -0.2) is 13.4 Å². The van der Waals surface area contributed by atoms with Gasteiger partial charge in [-0.2, -0.15) is 0 Å². The van der Waals surface area contributed by atoms with Crippen molar-refractivity contribution in [2.24, 2.45) is 0 Å². The molecule has 0 saturated heterocycles. The number of nitrogens with one attached hydrogen (secondary N) is 2. The van der Waals surface area contributed by atoms with Crippen LogP contribution in [-0.4, -0.2) is 12.4 Å².